The molecule has 0 saturated carbocycles. The SMILES string of the molecule is c1ccc(-c2cccc(N(c3ccc(-c4ccc(-c5ccccc5)c(-c5ccccc5)c4)cc3)c3ccccc3-c3cccc4oc5c6ccccc6ccc5c34)c2)cc1. The molecular weight excluding hydrogens is 727 g/mol. The Morgan fingerprint density at radius 1 is 0.300 bits per heavy atom. The minimum Gasteiger partial charge on any atom is -0.455 e. The Labute approximate surface area is 349 Å². The van der Waals surface area contributed by atoms with Crippen molar-refractivity contribution >= 4 is 49.8 Å². The van der Waals surface area contributed by atoms with Crippen LogP contribution in [-0.4, -0.2) is 0 Å². The van der Waals surface area contributed by atoms with Crippen LogP contribution in [0.5, 0.6) is 0 Å². The molecule has 0 N–H and O–H groups in total. The molecule has 0 amide bonds. The molecule has 0 aliphatic heterocycles. The summed E-state index contributed by atoms with van der Waals surface area (Å²) in [6.07, 6.45) is 0. The van der Waals surface area contributed by atoms with Gasteiger partial charge in [0.15, 0.2) is 0 Å². The number of para-hydroxylation sites is 1. The van der Waals surface area contributed by atoms with Gasteiger partial charge in [-0.05, 0) is 104 Å². The zero-order chi connectivity index (χ0) is 39.8. The fourth-order valence-electron chi connectivity index (χ4n) is 8.81. The van der Waals surface area contributed by atoms with Crippen LogP contribution in [0.3, 0.4) is 0 Å². The molecule has 0 unspecified atom stereocenters. The predicted molar refractivity (Wildman–Crippen MR) is 253 cm³/mol. The highest BCUT2D eigenvalue weighted by Crippen LogP contribution is 2.46. The van der Waals surface area contributed by atoms with E-state index in [1.54, 1.807) is 0 Å². The maximum absolute atomic E-state index is 6.67. The van der Waals surface area contributed by atoms with Crippen molar-refractivity contribution in [2.45, 2.75) is 0 Å². The average Bonchev–Trinajstić information content (AvgIpc) is 3.73. The minimum absolute atomic E-state index is 0.879. The molecule has 1 heterocycles. The van der Waals surface area contributed by atoms with E-state index in [1.165, 1.54) is 38.8 Å². The van der Waals surface area contributed by atoms with E-state index >= 15 is 0 Å². The highest BCUT2D eigenvalue weighted by atomic mass is 16.3. The van der Waals surface area contributed by atoms with Gasteiger partial charge in [-0.2, -0.15) is 0 Å². The van der Waals surface area contributed by atoms with Gasteiger partial charge in [0.25, 0.3) is 0 Å². The molecule has 2 heteroatoms. The van der Waals surface area contributed by atoms with Gasteiger partial charge in [-0.15, -0.1) is 0 Å². The third-order valence-electron chi connectivity index (χ3n) is 11.7. The summed E-state index contributed by atoms with van der Waals surface area (Å²) in [5.41, 5.74) is 16.8. The molecule has 10 aromatic carbocycles. The first-order valence-electron chi connectivity index (χ1n) is 20.5. The number of furan rings is 1. The van der Waals surface area contributed by atoms with Gasteiger partial charge < -0.3 is 9.32 Å². The van der Waals surface area contributed by atoms with E-state index in [4.69, 9.17) is 4.42 Å². The van der Waals surface area contributed by atoms with Crippen molar-refractivity contribution < 1.29 is 4.42 Å². The van der Waals surface area contributed by atoms with Crippen LogP contribution in [0.4, 0.5) is 17.1 Å². The number of nitrogens with zero attached hydrogens (tertiary/aromatic N) is 1. The summed E-state index contributed by atoms with van der Waals surface area (Å²) < 4.78 is 6.67. The van der Waals surface area contributed by atoms with E-state index in [2.05, 4.69) is 241 Å². The second-order valence-corrected chi connectivity index (χ2v) is 15.3. The molecule has 2 nitrogen and oxygen atoms in total. The Morgan fingerprint density at radius 2 is 0.883 bits per heavy atom. The van der Waals surface area contributed by atoms with Crippen LogP contribution in [-0.2, 0) is 0 Å². The zero-order valence-electron chi connectivity index (χ0n) is 32.9. The molecule has 1 aromatic heterocycles. The fraction of sp³-hybridized carbons (Fsp3) is 0. The maximum atomic E-state index is 6.67. The Balaban J connectivity index is 1.07. The maximum Gasteiger partial charge on any atom is 0.143 e. The van der Waals surface area contributed by atoms with Crippen molar-refractivity contribution in [1.29, 1.82) is 0 Å². The van der Waals surface area contributed by atoms with E-state index in [-0.39, 0.29) is 0 Å². The van der Waals surface area contributed by atoms with Gasteiger partial charge in [0.05, 0.1) is 5.69 Å². The summed E-state index contributed by atoms with van der Waals surface area (Å²) in [7, 11) is 0. The third kappa shape index (κ3) is 6.32. The van der Waals surface area contributed by atoms with Crippen molar-refractivity contribution in [3.8, 4) is 55.6 Å². The lowest BCUT2D eigenvalue weighted by atomic mass is 9.91. The highest BCUT2D eigenvalue weighted by molar-refractivity contribution is 6.19. The molecule has 60 heavy (non-hydrogen) atoms. The number of hydrogen-bond donors (Lipinski definition) is 0. The zero-order valence-corrected chi connectivity index (χ0v) is 32.9. The fourth-order valence-corrected chi connectivity index (χ4v) is 8.81. The normalized spacial score (nSPS) is 11.3. The Hall–Kier alpha value is -7.94. The predicted octanol–water partition coefficient (Wildman–Crippen LogP) is 16.5. The first-order chi connectivity index (χ1) is 29.8. The number of hydrogen-bond acceptors (Lipinski definition) is 2. The highest BCUT2D eigenvalue weighted by Gasteiger charge is 2.21. The molecule has 0 bridgehead atoms. The smallest absolute Gasteiger partial charge is 0.143 e. The van der Waals surface area contributed by atoms with Crippen molar-refractivity contribution in [3.63, 3.8) is 0 Å². The van der Waals surface area contributed by atoms with Crippen LogP contribution in [0.25, 0.3) is 88.3 Å². The molecular formula is C58H39NO. The Morgan fingerprint density at radius 3 is 1.67 bits per heavy atom. The molecule has 282 valence electrons. The first kappa shape index (κ1) is 35.2. The molecule has 0 radical (unpaired) electrons. The second kappa shape index (κ2) is 15.1. The van der Waals surface area contributed by atoms with Crippen molar-refractivity contribution in [2.75, 3.05) is 4.90 Å². The summed E-state index contributed by atoms with van der Waals surface area (Å²) >= 11 is 0. The van der Waals surface area contributed by atoms with Crippen molar-refractivity contribution in [1.82, 2.24) is 0 Å². The number of anilines is 3. The third-order valence-corrected chi connectivity index (χ3v) is 11.7. The molecule has 0 fully saturated rings. The minimum atomic E-state index is 0.879. The Kier molecular flexibility index (Phi) is 8.87. The number of benzene rings is 10. The van der Waals surface area contributed by atoms with Gasteiger partial charge in [-0.25, -0.2) is 0 Å². The van der Waals surface area contributed by atoms with E-state index in [0.29, 0.717) is 0 Å². The van der Waals surface area contributed by atoms with E-state index in [9.17, 15) is 0 Å². The van der Waals surface area contributed by atoms with Gasteiger partial charge in [-0.1, -0.05) is 188 Å². The van der Waals surface area contributed by atoms with Crippen LogP contribution in [0.2, 0.25) is 0 Å². The average molecular weight is 766 g/mol. The van der Waals surface area contributed by atoms with Gasteiger partial charge in [0.2, 0.25) is 0 Å². The van der Waals surface area contributed by atoms with Gasteiger partial charge in [-0.3, -0.25) is 0 Å². The van der Waals surface area contributed by atoms with Crippen LogP contribution in [0, 0.1) is 0 Å². The number of rotatable bonds is 8. The van der Waals surface area contributed by atoms with E-state index < -0.39 is 0 Å². The Bertz CT molecular complexity index is 3290. The van der Waals surface area contributed by atoms with Crippen molar-refractivity contribution in [3.05, 3.63) is 237 Å². The van der Waals surface area contributed by atoms with Crippen molar-refractivity contribution in [2.24, 2.45) is 0 Å². The standard InChI is InChI=1S/C58H39NO/c1-4-16-40(17-5-1)45-23-14-24-48(38-45)59(47-34-30-41(31-35-47)46-33-36-49(42-18-6-2-7-19-42)54(39-46)43-20-8-3-9-21-43)55-28-13-12-26-51(55)52-27-15-29-56-57(52)53-37-32-44-22-10-11-25-50(44)58(53)60-56/h1-39H. The summed E-state index contributed by atoms with van der Waals surface area (Å²) in [5.74, 6) is 0. The molecule has 0 spiro atoms. The lowest BCUT2D eigenvalue weighted by Gasteiger charge is -2.28. The van der Waals surface area contributed by atoms with Gasteiger partial charge in [0.1, 0.15) is 11.2 Å². The van der Waals surface area contributed by atoms with E-state index in [0.717, 1.165) is 66.6 Å². The second-order valence-electron chi connectivity index (χ2n) is 15.3. The van der Waals surface area contributed by atoms with E-state index in [1.807, 2.05) is 0 Å². The summed E-state index contributed by atoms with van der Waals surface area (Å²) in [6, 6.07) is 84.8. The quantitative estimate of drug-likeness (QED) is 0.153. The molecule has 0 aliphatic rings. The molecule has 0 aliphatic carbocycles. The largest absolute Gasteiger partial charge is 0.455 e. The molecule has 11 rings (SSSR count). The molecule has 11 aromatic rings. The first-order valence-corrected chi connectivity index (χ1v) is 20.5. The topological polar surface area (TPSA) is 16.4 Å². The van der Waals surface area contributed by atoms with Gasteiger partial charge in [0, 0.05) is 33.1 Å². The summed E-state index contributed by atoms with van der Waals surface area (Å²) in [4.78, 5) is 2.40. The van der Waals surface area contributed by atoms with Crippen LogP contribution >= 0.6 is 0 Å². The monoisotopic (exact) mass is 765 g/mol. The number of fused-ring (bicyclic) bond motifs is 5. The summed E-state index contributed by atoms with van der Waals surface area (Å²) in [5, 5.41) is 4.52. The molecule has 0 atom stereocenters. The lowest BCUT2D eigenvalue weighted by Crippen LogP contribution is -2.11. The molecule has 0 saturated heterocycles. The van der Waals surface area contributed by atoms with Crippen LogP contribution < -0.4 is 4.90 Å². The van der Waals surface area contributed by atoms with Gasteiger partial charge >= 0.3 is 0 Å². The summed E-state index contributed by atoms with van der Waals surface area (Å²) in [6.45, 7) is 0. The van der Waals surface area contributed by atoms with Crippen LogP contribution in [0.1, 0.15) is 0 Å². The van der Waals surface area contributed by atoms with Crippen LogP contribution in [0.15, 0.2) is 241 Å². The lowest BCUT2D eigenvalue weighted by molar-refractivity contribution is 0.673.